The number of phenolic OH excluding ortho intramolecular Hbond substituents is 1. The van der Waals surface area contributed by atoms with E-state index in [2.05, 4.69) is 0 Å². The van der Waals surface area contributed by atoms with Crippen molar-refractivity contribution < 1.29 is 10.2 Å². The molecule has 1 aliphatic carbocycles. The summed E-state index contributed by atoms with van der Waals surface area (Å²) in [5.41, 5.74) is 1.81. The maximum absolute atomic E-state index is 9.63. The molecule has 1 aromatic carbocycles. The van der Waals surface area contributed by atoms with Crippen LogP contribution in [0.25, 0.3) is 6.08 Å². The van der Waals surface area contributed by atoms with E-state index in [0.717, 1.165) is 11.1 Å². The van der Waals surface area contributed by atoms with Crippen LogP contribution in [0.3, 0.4) is 0 Å². The molecule has 1 aromatic rings. The van der Waals surface area contributed by atoms with Crippen molar-refractivity contribution in [2.45, 2.75) is 6.10 Å². The van der Waals surface area contributed by atoms with Crippen LogP contribution in [0, 0.1) is 0 Å². The zero-order valence-electron chi connectivity index (χ0n) is 8.17. The standard InChI is InChI=1S/C13H12O2/c14-12-7-5-10(6-8-12)9-11-3-1-2-4-13(11)15/h1-9,13-15H. The molecule has 0 saturated heterocycles. The molecule has 0 amide bonds. The van der Waals surface area contributed by atoms with Crippen LogP contribution in [0.5, 0.6) is 5.75 Å². The minimum atomic E-state index is -0.538. The number of rotatable bonds is 1. The molecule has 0 spiro atoms. The van der Waals surface area contributed by atoms with E-state index < -0.39 is 6.10 Å². The molecule has 0 fully saturated rings. The Kier molecular flexibility index (Phi) is 2.70. The molecule has 0 bridgehead atoms. The predicted octanol–water partition coefficient (Wildman–Crippen LogP) is 2.26. The zero-order chi connectivity index (χ0) is 10.7. The van der Waals surface area contributed by atoms with Gasteiger partial charge < -0.3 is 10.2 Å². The monoisotopic (exact) mass is 200 g/mol. The Morgan fingerprint density at radius 1 is 1.07 bits per heavy atom. The SMILES string of the molecule is Oc1ccc(C=C2C=CC=CC2O)cc1. The molecule has 2 N–H and O–H groups in total. The number of hydrogen-bond donors (Lipinski definition) is 2. The minimum Gasteiger partial charge on any atom is -0.508 e. The average molecular weight is 200 g/mol. The highest BCUT2D eigenvalue weighted by Crippen LogP contribution is 2.17. The van der Waals surface area contributed by atoms with E-state index in [1.807, 2.05) is 24.3 Å². The molecule has 1 unspecified atom stereocenters. The highest BCUT2D eigenvalue weighted by atomic mass is 16.3. The quantitative estimate of drug-likeness (QED) is 0.730. The van der Waals surface area contributed by atoms with Gasteiger partial charge in [-0.05, 0) is 29.3 Å². The first-order valence-corrected chi connectivity index (χ1v) is 4.79. The Morgan fingerprint density at radius 2 is 1.80 bits per heavy atom. The summed E-state index contributed by atoms with van der Waals surface area (Å²) in [6.45, 7) is 0. The third-order valence-corrected chi connectivity index (χ3v) is 2.26. The second-order valence-electron chi connectivity index (χ2n) is 3.42. The van der Waals surface area contributed by atoms with Crippen LogP contribution in [-0.2, 0) is 0 Å². The second-order valence-corrected chi connectivity index (χ2v) is 3.42. The number of benzene rings is 1. The van der Waals surface area contributed by atoms with E-state index >= 15 is 0 Å². The van der Waals surface area contributed by atoms with Crippen molar-refractivity contribution in [3.05, 3.63) is 59.7 Å². The molecule has 1 atom stereocenters. The van der Waals surface area contributed by atoms with Gasteiger partial charge >= 0.3 is 0 Å². The number of phenols is 1. The molecule has 0 saturated carbocycles. The molecule has 2 nitrogen and oxygen atoms in total. The van der Waals surface area contributed by atoms with Gasteiger partial charge in [0.15, 0.2) is 0 Å². The van der Waals surface area contributed by atoms with Crippen molar-refractivity contribution in [2.24, 2.45) is 0 Å². The fourth-order valence-electron chi connectivity index (χ4n) is 1.44. The van der Waals surface area contributed by atoms with Crippen LogP contribution in [0.4, 0.5) is 0 Å². The lowest BCUT2D eigenvalue weighted by Crippen LogP contribution is -2.06. The van der Waals surface area contributed by atoms with Gasteiger partial charge in [-0.1, -0.05) is 36.4 Å². The summed E-state index contributed by atoms with van der Waals surface area (Å²) in [7, 11) is 0. The summed E-state index contributed by atoms with van der Waals surface area (Å²) in [6, 6.07) is 6.87. The molecule has 15 heavy (non-hydrogen) atoms. The van der Waals surface area contributed by atoms with Gasteiger partial charge in [-0.15, -0.1) is 0 Å². The maximum atomic E-state index is 9.63. The van der Waals surface area contributed by atoms with Crippen LogP contribution in [0.15, 0.2) is 54.1 Å². The van der Waals surface area contributed by atoms with Crippen LogP contribution in [-0.4, -0.2) is 16.3 Å². The molecule has 0 heterocycles. The summed E-state index contributed by atoms with van der Waals surface area (Å²) >= 11 is 0. The minimum absolute atomic E-state index is 0.247. The van der Waals surface area contributed by atoms with E-state index in [0.29, 0.717) is 0 Å². The predicted molar refractivity (Wildman–Crippen MR) is 60.4 cm³/mol. The Labute approximate surface area is 88.5 Å². The van der Waals surface area contributed by atoms with Crippen molar-refractivity contribution in [1.82, 2.24) is 0 Å². The van der Waals surface area contributed by atoms with Crippen LogP contribution < -0.4 is 0 Å². The van der Waals surface area contributed by atoms with Gasteiger partial charge in [0.2, 0.25) is 0 Å². The Morgan fingerprint density at radius 3 is 2.47 bits per heavy atom. The molecule has 2 heteroatoms. The molecular weight excluding hydrogens is 188 g/mol. The lowest BCUT2D eigenvalue weighted by molar-refractivity contribution is 0.263. The Hall–Kier alpha value is -1.80. The zero-order valence-corrected chi connectivity index (χ0v) is 8.17. The van der Waals surface area contributed by atoms with Gasteiger partial charge in [-0.25, -0.2) is 0 Å². The Bertz CT molecular complexity index is 424. The van der Waals surface area contributed by atoms with Gasteiger partial charge in [0.1, 0.15) is 5.75 Å². The first-order valence-electron chi connectivity index (χ1n) is 4.79. The Balaban J connectivity index is 2.26. The fraction of sp³-hybridized carbons (Fsp3) is 0.0769. The third-order valence-electron chi connectivity index (χ3n) is 2.26. The highest BCUT2D eigenvalue weighted by molar-refractivity contribution is 5.59. The van der Waals surface area contributed by atoms with Crippen LogP contribution in [0.1, 0.15) is 5.56 Å². The van der Waals surface area contributed by atoms with Crippen molar-refractivity contribution in [2.75, 3.05) is 0 Å². The van der Waals surface area contributed by atoms with Crippen molar-refractivity contribution >= 4 is 6.08 Å². The highest BCUT2D eigenvalue weighted by Gasteiger charge is 2.06. The summed E-state index contributed by atoms with van der Waals surface area (Å²) in [5.74, 6) is 0.247. The fourth-order valence-corrected chi connectivity index (χ4v) is 1.44. The number of aliphatic hydroxyl groups is 1. The van der Waals surface area contributed by atoms with E-state index in [1.165, 1.54) is 0 Å². The largest absolute Gasteiger partial charge is 0.508 e. The lowest BCUT2D eigenvalue weighted by Gasteiger charge is -2.10. The number of allylic oxidation sites excluding steroid dienone is 2. The smallest absolute Gasteiger partial charge is 0.115 e. The molecular formula is C13H12O2. The maximum Gasteiger partial charge on any atom is 0.115 e. The normalized spacial score (nSPS) is 22.2. The van der Waals surface area contributed by atoms with Crippen LogP contribution >= 0.6 is 0 Å². The lowest BCUT2D eigenvalue weighted by atomic mass is 10.0. The summed E-state index contributed by atoms with van der Waals surface area (Å²) in [5, 5.41) is 18.7. The molecule has 2 rings (SSSR count). The van der Waals surface area contributed by atoms with Gasteiger partial charge in [-0.3, -0.25) is 0 Å². The summed E-state index contributed by atoms with van der Waals surface area (Å²) < 4.78 is 0. The van der Waals surface area contributed by atoms with E-state index in [-0.39, 0.29) is 5.75 Å². The average Bonchev–Trinajstić information content (AvgIpc) is 2.25. The topological polar surface area (TPSA) is 40.5 Å². The number of aromatic hydroxyl groups is 1. The van der Waals surface area contributed by atoms with E-state index in [9.17, 15) is 5.11 Å². The molecule has 76 valence electrons. The van der Waals surface area contributed by atoms with Crippen molar-refractivity contribution in [1.29, 1.82) is 0 Å². The number of hydrogen-bond acceptors (Lipinski definition) is 2. The molecule has 0 aromatic heterocycles. The van der Waals surface area contributed by atoms with E-state index in [1.54, 1.807) is 30.3 Å². The summed E-state index contributed by atoms with van der Waals surface area (Å²) in [4.78, 5) is 0. The van der Waals surface area contributed by atoms with Crippen LogP contribution in [0.2, 0.25) is 0 Å². The molecule has 0 radical (unpaired) electrons. The van der Waals surface area contributed by atoms with Crippen molar-refractivity contribution in [3.8, 4) is 5.75 Å². The first kappa shape index (κ1) is 9.74. The van der Waals surface area contributed by atoms with Gasteiger partial charge in [0, 0.05) is 0 Å². The first-order chi connectivity index (χ1) is 7.25. The third kappa shape index (κ3) is 2.36. The van der Waals surface area contributed by atoms with Gasteiger partial charge in [0.25, 0.3) is 0 Å². The molecule has 1 aliphatic rings. The number of aliphatic hydroxyl groups excluding tert-OH is 1. The second kappa shape index (κ2) is 4.15. The van der Waals surface area contributed by atoms with E-state index in [4.69, 9.17) is 5.11 Å². The van der Waals surface area contributed by atoms with Gasteiger partial charge in [0.05, 0.1) is 6.10 Å². The molecule has 0 aliphatic heterocycles. The van der Waals surface area contributed by atoms with Gasteiger partial charge in [-0.2, -0.15) is 0 Å². The van der Waals surface area contributed by atoms with Crippen molar-refractivity contribution in [3.63, 3.8) is 0 Å². The summed E-state index contributed by atoms with van der Waals surface area (Å²) in [6.07, 6.45) is 8.66.